The molecular formula is C57H100NO10P. The van der Waals surface area contributed by atoms with Crippen molar-refractivity contribution in [1.82, 2.24) is 0 Å². The minimum absolute atomic E-state index is 0.0843. The number of fused-ring (bicyclic) bond motifs is 5. The molecule has 0 N–H and O–H groups in total. The number of hydrogen-bond acceptors (Lipinski definition) is 10. The van der Waals surface area contributed by atoms with E-state index >= 15 is 0 Å². The molecule has 0 radical (unpaired) electrons. The summed E-state index contributed by atoms with van der Waals surface area (Å²) in [7, 11) is 0.993. The van der Waals surface area contributed by atoms with Gasteiger partial charge in [0.1, 0.15) is 25.9 Å². The molecule has 12 heteroatoms. The number of rotatable bonds is 34. The van der Waals surface area contributed by atoms with Gasteiger partial charge in [0.15, 0.2) is 6.10 Å². The molecule has 3 fully saturated rings. The lowest BCUT2D eigenvalue weighted by molar-refractivity contribution is -0.870. The van der Waals surface area contributed by atoms with Gasteiger partial charge in [-0.25, -0.2) is 0 Å². The number of carbonyl (C=O) groups is 3. The molecule has 0 aromatic heterocycles. The summed E-state index contributed by atoms with van der Waals surface area (Å²) in [4.78, 5) is 51.6. The van der Waals surface area contributed by atoms with E-state index < -0.39 is 38.4 Å². The van der Waals surface area contributed by atoms with Gasteiger partial charge in [-0.05, 0) is 123 Å². The summed E-state index contributed by atoms with van der Waals surface area (Å²) in [5.41, 5.74) is 2.01. The molecule has 398 valence electrons. The molecule has 10 atom stereocenters. The number of allylic oxidation sites excluding steroid dienone is 3. The number of nitrogens with zero attached hydrogens (tertiary/aromatic N) is 1. The number of hydrogen-bond donors (Lipinski definition) is 0. The lowest BCUT2D eigenvalue weighted by atomic mass is 9.47. The number of phosphoric ester groups is 1. The second-order valence-electron chi connectivity index (χ2n) is 23.9. The number of ether oxygens (including phenoxy) is 3. The molecule has 0 aromatic carbocycles. The van der Waals surface area contributed by atoms with Gasteiger partial charge < -0.3 is 32.6 Å². The van der Waals surface area contributed by atoms with Crippen LogP contribution in [0.1, 0.15) is 215 Å². The lowest BCUT2D eigenvalue weighted by Crippen LogP contribution is -2.51. The average Bonchev–Trinajstić information content (AvgIpc) is 3.64. The molecule has 3 saturated carbocycles. The Hall–Kier alpha value is -2.04. The Morgan fingerprint density at radius 3 is 2.12 bits per heavy atom. The third kappa shape index (κ3) is 20.4. The van der Waals surface area contributed by atoms with E-state index in [1.54, 1.807) is 0 Å². The van der Waals surface area contributed by atoms with Crippen molar-refractivity contribution >= 4 is 25.7 Å². The molecule has 0 spiro atoms. The highest BCUT2D eigenvalue weighted by atomic mass is 31.2. The molecule has 4 rings (SSSR count). The summed E-state index contributed by atoms with van der Waals surface area (Å²) in [5, 5.41) is 0. The number of quaternary nitrogens is 1. The topological polar surface area (TPSA) is 137 Å². The van der Waals surface area contributed by atoms with Crippen molar-refractivity contribution < 1.29 is 51.6 Å². The largest absolute Gasteiger partial charge is 0.756 e. The highest BCUT2D eigenvalue weighted by molar-refractivity contribution is 7.45. The van der Waals surface area contributed by atoms with E-state index in [2.05, 4.69) is 59.8 Å². The molecule has 0 bridgehead atoms. The van der Waals surface area contributed by atoms with Crippen LogP contribution >= 0.6 is 7.82 Å². The Morgan fingerprint density at radius 1 is 0.768 bits per heavy atom. The zero-order valence-corrected chi connectivity index (χ0v) is 46.1. The van der Waals surface area contributed by atoms with E-state index in [-0.39, 0.29) is 44.0 Å². The number of phosphoric acid groups is 1. The highest BCUT2D eigenvalue weighted by Crippen LogP contribution is 2.67. The van der Waals surface area contributed by atoms with Crippen LogP contribution in [0.25, 0.3) is 0 Å². The van der Waals surface area contributed by atoms with Crippen molar-refractivity contribution in [3.8, 4) is 0 Å². The van der Waals surface area contributed by atoms with Crippen LogP contribution in [0.2, 0.25) is 0 Å². The summed E-state index contributed by atoms with van der Waals surface area (Å²) >= 11 is 0. The predicted octanol–water partition coefficient (Wildman–Crippen LogP) is 13.4. The van der Waals surface area contributed by atoms with Crippen molar-refractivity contribution in [2.75, 3.05) is 47.5 Å². The maximum Gasteiger partial charge on any atom is 0.306 e. The molecule has 11 nitrogen and oxygen atoms in total. The van der Waals surface area contributed by atoms with E-state index in [4.69, 9.17) is 23.3 Å². The fourth-order valence-corrected chi connectivity index (χ4v) is 13.5. The van der Waals surface area contributed by atoms with Gasteiger partial charge in [0, 0.05) is 12.8 Å². The van der Waals surface area contributed by atoms with E-state index in [0.29, 0.717) is 28.8 Å². The Balaban J connectivity index is 1.19. The summed E-state index contributed by atoms with van der Waals surface area (Å²) in [6, 6.07) is 0. The first-order valence-corrected chi connectivity index (χ1v) is 29.5. The molecule has 0 aromatic rings. The molecule has 0 saturated heterocycles. The van der Waals surface area contributed by atoms with Crippen LogP contribution in [-0.4, -0.2) is 82.1 Å². The summed E-state index contributed by atoms with van der Waals surface area (Å²) in [6.45, 7) is 13.9. The zero-order chi connectivity index (χ0) is 50.5. The number of unbranched alkanes of at least 4 members (excludes halogenated alkanes) is 11. The Kier molecular flexibility index (Phi) is 25.5. The van der Waals surface area contributed by atoms with Gasteiger partial charge in [0.05, 0.1) is 40.6 Å². The van der Waals surface area contributed by atoms with Crippen molar-refractivity contribution in [3.05, 3.63) is 23.8 Å². The number of esters is 3. The molecule has 69 heavy (non-hydrogen) atoms. The van der Waals surface area contributed by atoms with Crippen LogP contribution in [0.5, 0.6) is 0 Å². The average molecular weight is 990 g/mol. The first-order chi connectivity index (χ1) is 32.8. The maximum atomic E-state index is 13.2. The monoisotopic (exact) mass is 990 g/mol. The molecule has 5 unspecified atom stereocenters. The Morgan fingerprint density at radius 2 is 1.43 bits per heavy atom. The molecule has 4 aliphatic rings. The van der Waals surface area contributed by atoms with Gasteiger partial charge in [-0.15, -0.1) is 0 Å². The molecular weight excluding hydrogens is 890 g/mol. The number of likely N-dealkylation sites (N-methyl/N-ethyl adjacent to an activating group) is 1. The normalized spacial score (nSPS) is 27.5. The van der Waals surface area contributed by atoms with Crippen molar-refractivity contribution in [2.24, 2.45) is 46.3 Å². The van der Waals surface area contributed by atoms with Crippen LogP contribution in [0.3, 0.4) is 0 Å². The van der Waals surface area contributed by atoms with Crippen LogP contribution in [0.15, 0.2) is 23.8 Å². The van der Waals surface area contributed by atoms with Gasteiger partial charge >= 0.3 is 17.9 Å². The van der Waals surface area contributed by atoms with Gasteiger partial charge in [-0.2, -0.15) is 0 Å². The fraction of sp³-hybridized carbons (Fsp3) is 0.877. The minimum atomic E-state index is -4.74. The van der Waals surface area contributed by atoms with Crippen LogP contribution < -0.4 is 4.89 Å². The molecule has 0 heterocycles. The first kappa shape index (κ1) is 59.5. The van der Waals surface area contributed by atoms with Gasteiger partial charge in [-0.3, -0.25) is 18.9 Å². The summed E-state index contributed by atoms with van der Waals surface area (Å²) in [5.74, 6) is 2.92. The quantitative estimate of drug-likeness (QED) is 0.0153. The SMILES string of the molecule is CCCCCCCC/C=C\CCCCCCCC(=O)OC[C@H](COP(=O)([O-])OCC[N+](C)(C)C)OC(=O)CCC(=O)OC1CC[C@]2(C)C(=CCC3C2CC[C@]2(C)C3CC[C@H]2[C@@H](C)CCCC(C)C)C1. The predicted molar refractivity (Wildman–Crippen MR) is 275 cm³/mol. The minimum Gasteiger partial charge on any atom is -0.756 e. The first-order valence-electron chi connectivity index (χ1n) is 28.1. The van der Waals surface area contributed by atoms with E-state index in [0.717, 1.165) is 93.8 Å². The third-order valence-electron chi connectivity index (χ3n) is 16.9. The Labute approximate surface area is 420 Å². The van der Waals surface area contributed by atoms with Gasteiger partial charge in [-0.1, -0.05) is 136 Å². The smallest absolute Gasteiger partial charge is 0.306 e. The van der Waals surface area contributed by atoms with E-state index in [1.807, 2.05) is 21.1 Å². The van der Waals surface area contributed by atoms with E-state index in [9.17, 15) is 23.8 Å². The maximum absolute atomic E-state index is 13.2. The lowest BCUT2D eigenvalue weighted by Gasteiger charge is -2.58. The third-order valence-corrected chi connectivity index (χ3v) is 17.9. The highest BCUT2D eigenvalue weighted by Gasteiger charge is 2.59. The van der Waals surface area contributed by atoms with Crippen LogP contribution in [0, 0.1) is 46.3 Å². The second-order valence-corrected chi connectivity index (χ2v) is 25.3. The fourth-order valence-electron chi connectivity index (χ4n) is 12.8. The van der Waals surface area contributed by atoms with Gasteiger partial charge in [0.25, 0.3) is 7.82 Å². The van der Waals surface area contributed by atoms with Crippen molar-refractivity contribution in [2.45, 2.75) is 227 Å². The standard InChI is InChI=1S/C57H100NO10P/c1-10-11-12-13-14-15-16-17-18-19-20-21-22-23-24-28-53(59)64-42-48(43-66-69(62,63)65-40-39-58(7,8)9)68-55(61)34-33-54(60)67-47-35-37-56(5)46(41-47)29-30-49-51-32-31-50(45(4)27-25-26-44(2)3)57(51,6)38-36-52(49)56/h17-18,29,44-45,47-52H,10-16,19-28,30-43H2,1-9H3/b18-17-/t45-,47?,48+,49?,50-,51?,52?,56+,57-/m0/s1. The molecule has 0 aliphatic heterocycles. The van der Waals surface area contributed by atoms with Crippen LogP contribution in [-0.2, 0) is 42.2 Å². The van der Waals surface area contributed by atoms with Crippen LogP contribution in [0.4, 0.5) is 0 Å². The van der Waals surface area contributed by atoms with Gasteiger partial charge in [0.2, 0.25) is 0 Å². The summed E-state index contributed by atoms with van der Waals surface area (Å²) < 4.78 is 40.2. The summed E-state index contributed by atoms with van der Waals surface area (Å²) in [6.07, 6.45) is 33.4. The molecule has 4 aliphatic carbocycles. The second kappa shape index (κ2) is 29.6. The Bertz CT molecular complexity index is 1660. The zero-order valence-electron chi connectivity index (χ0n) is 45.2. The van der Waals surface area contributed by atoms with E-state index in [1.165, 1.54) is 89.0 Å². The van der Waals surface area contributed by atoms with Crippen molar-refractivity contribution in [3.63, 3.8) is 0 Å². The number of carbonyl (C=O) groups excluding carboxylic acids is 3. The molecule has 0 amide bonds. The van der Waals surface area contributed by atoms with Crippen molar-refractivity contribution in [1.29, 1.82) is 0 Å².